The number of piperidine rings is 1. The van der Waals surface area contributed by atoms with Crippen LogP contribution in [0.2, 0.25) is 0 Å². The lowest BCUT2D eigenvalue weighted by Gasteiger charge is -2.63. The Balaban J connectivity index is 1.65. The number of carbonyl (C=O) groups excluding carboxylic acids is 1. The highest BCUT2D eigenvalue weighted by Gasteiger charge is 2.63. The number of likely N-dealkylation sites (tertiary alicyclic amines) is 1. The van der Waals surface area contributed by atoms with Gasteiger partial charge in [-0.1, -0.05) is 31.9 Å². The first-order valence-electron chi connectivity index (χ1n) is 9.31. The third kappa shape index (κ3) is 2.83. The van der Waals surface area contributed by atoms with Crippen molar-refractivity contribution in [2.75, 3.05) is 20.1 Å². The summed E-state index contributed by atoms with van der Waals surface area (Å²) < 4.78 is 6.03. The summed E-state index contributed by atoms with van der Waals surface area (Å²) in [6, 6.07) is 0. The normalized spacial score (nSPS) is 48.7. The molecule has 0 radical (unpaired) electrons. The second-order valence-electron chi connectivity index (χ2n) is 8.61. The average Bonchev–Trinajstić information content (AvgIpc) is 2.51. The van der Waals surface area contributed by atoms with E-state index < -0.39 is 0 Å². The summed E-state index contributed by atoms with van der Waals surface area (Å²) >= 11 is 6.73. The molecule has 0 amide bonds. The van der Waals surface area contributed by atoms with Crippen LogP contribution in [0.1, 0.15) is 44.9 Å². The average molecular weight is 450 g/mol. The predicted molar refractivity (Wildman–Crippen MR) is 96.9 cm³/mol. The lowest BCUT2D eigenvalue weighted by molar-refractivity contribution is -0.886. The molecule has 0 unspecified atom stereocenters. The molecule has 4 bridgehead atoms. The number of hydrogen-bond acceptors (Lipinski definition) is 2. The van der Waals surface area contributed by atoms with Gasteiger partial charge >= 0.3 is 5.97 Å². The van der Waals surface area contributed by atoms with Crippen molar-refractivity contribution in [1.29, 1.82) is 0 Å². The first-order chi connectivity index (χ1) is 11.0. The first-order valence-corrected chi connectivity index (χ1v) is 11.1. The van der Waals surface area contributed by atoms with E-state index in [0.717, 1.165) is 11.8 Å². The fourth-order valence-electron chi connectivity index (χ4n) is 6.62. The minimum absolute atomic E-state index is 0.108. The Kier molecular flexibility index (Phi) is 4.60. The van der Waals surface area contributed by atoms with Crippen molar-refractivity contribution in [1.82, 2.24) is 0 Å². The number of carbonyl (C=O) groups is 1. The molecule has 23 heavy (non-hydrogen) atoms. The SMILES string of the molecule is C[NH+]1CCC(C2(OC(=O)C(Br)Br)C3CC4CC(C3)CC2C4)CC1. The van der Waals surface area contributed by atoms with Gasteiger partial charge in [0.1, 0.15) is 5.60 Å². The van der Waals surface area contributed by atoms with Crippen LogP contribution in [-0.2, 0) is 9.53 Å². The largest absolute Gasteiger partial charge is 0.457 e. The first kappa shape index (κ1) is 16.8. The van der Waals surface area contributed by atoms with Crippen molar-refractivity contribution in [3.8, 4) is 0 Å². The van der Waals surface area contributed by atoms with Crippen LogP contribution in [0.4, 0.5) is 0 Å². The monoisotopic (exact) mass is 448 g/mol. The second-order valence-corrected chi connectivity index (χ2v) is 11.7. The molecule has 0 spiro atoms. The molecular formula is C18H28Br2NO2+. The zero-order valence-corrected chi connectivity index (χ0v) is 17.1. The van der Waals surface area contributed by atoms with Crippen LogP contribution in [0.5, 0.6) is 0 Å². The Morgan fingerprint density at radius 1 is 1.00 bits per heavy atom. The molecule has 1 N–H and O–H groups in total. The predicted octanol–water partition coefficient (Wildman–Crippen LogP) is 2.77. The highest BCUT2D eigenvalue weighted by atomic mass is 79.9. The van der Waals surface area contributed by atoms with Gasteiger partial charge in [0.15, 0.2) is 3.74 Å². The molecule has 4 saturated carbocycles. The van der Waals surface area contributed by atoms with Gasteiger partial charge in [-0.25, -0.2) is 4.79 Å². The summed E-state index contributed by atoms with van der Waals surface area (Å²) in [6.45, 7) is 2.45. The van der Waals surface area contributed by atoms with Crippen LogP contribution in [-0.4, -0.2) is 35.4 Å². The van der Waals surface area contributed by atoms with E-state index in [1.807, 2.05) is 0 Å². The van der Waals surface area contributed by atoms with Gasteiger partial charge in [-0.3, -0.25) is 0 Å². The van der Waals surface area contributed by atoms with Gasteiger partial charge in [0, 0.05) is 18.8 Å². The van der Waals surface area contributed by atoms with Crippen molar-refractivity contribution < 1.29 is 14.4 Å². The van der Waals surface area contributed by atoms with Crippen molar-refractivity contribution in [2.24, 2.45) is 29.6 Å². The van der Waals surface area contributed by atoms with E-state index in [-0.39, 0.29) is 15.3 Å². The molecule has 1 saturated heterocycles. The summed E-state index contributed by atoms with van der Waals surface area (Å²) in [4.78, 5) is 14.2. The molecule has 5 heteroatoms. The molecule has 4 aliphatic carbocycles. The third-order valence-corrected chi connectivity index (χ3v) is 8.09. The van der Waals surface area contributed by atoms with E-state index in [0.29, 0.717) is 17.8 Å². The van der Waals surface area contributed by atoms with Gasteiger partial charge in [0.2, 0.25) is 0 Å². The highest BCUT2D eigenvalue weighted by molar-refractivity contribution is 9.25. The molecule has 0 atom stereocenters. The van der Waals surface area contributed by atoms with E-state index >= 15 is 0 Å². The Labute approximate surface area is 156 Å². The third-order valence-electron chi connectivity index (χ3n) is 7.35. The lowest BCUT2D eigenvalue weighted by atomic mass is 9.46. The van der Waals surface area contributed by atoms with Crippen LogP contribution < -0.4 is 4.90 Å². The maximum atomic E-state index is 12.5. The minimum atomic E-state index is -0.374. The quantitative estimate of drug-likeness (QED) is 0.530. The van der Waals surface area contributed by atoms with Gasteiger partial charge in [0.05, 0.1) is 20.1 Å². The van der Waals surface area contributed by atoms with E-state index in [2.05, 4.69) is 38.9 Å². The number of esters is 1. The molecule has 1 aliphatic heterocycles. The molecule has 0 aromatic heterocycles. The van der Waals surface area contributed by atoms with Crippen LogP contribution in [0.25, 0.3) is 0 Å². The number of quaternary nitrogens is 1. The number of rotatable bonds is 3. The number of ether oxygens (including phenoxy) is 1. The van der Waals surface area contributed by atoms with Gasteiger partial charge in [-0.05, 0) is 55.8 Å². The van der Waals surface area contributed by atoms with Gasteiger partial charge < -0.3 is 9.64 Å². The van der Waals surface area contributed by atoms with Gasteiger partial charge in [0.25, 0.3) is 0 Å². The Morgan fingerprint density at radius 2 is 1.52 bits per heavy atom. The second kappa shape index (κ2) is 6.28. The summed E-state index contributed by atoms with van der Waals surface area (Å²) in [6.07, 6.45) is 9.08. The Bertz CT molecular complexity index is 446. The Hall–Kier alpha value is 0.390. The van der Waals surface area contributed by atoms with Crippen molar-refractivity contribution in [3.05, 3.63) is 0 Å². The van der Waals surface area contributed by atoms with E-state index in [1.165, 1.54) is 58.0 Å². The topological polar surface area (TPSA) is 30.7 Å². The molecule has 0 aromatic carbocycles. The maximum Gasteiger partial charge on any atom is 0.331 e. The zero-order chi connectivity index (χ0) is 16.2. The fourth-order valence-corrected chi connectivity index (χ4v) is 6.80. The summed E-state index contributed by atoms with van der Waals surface area (Å²) in [5, 5.41) is 0. The van der Waals surface area contributed by atoms with E-state index in [1.54, 1.807) is 4.90 Å². The molecule has 130 valence electrons. The van der Waals surface area contributed by atoms with Gasteiger partial charge in [-0.2, -0.15) is 0 Å². The molecular weight excluding hydrogens is 422 g/mol. The molecule has 0 aromatic rings. The molecule has 3 nitrogen and oxygen atoms in total. The maximum absolute atomic E-state index is 12.5. The lowest BCUT2D eigenvalue weighted by Crippen LogP contribution is -3.10. The number of nitrogens with one attached hydrogen (secondary N) is 1. The molecule has 5 rings (SSSR count). The van der Waals surface area contributed by atoms with Crippen LogP contribution >= 0.6 is 31.9 Å². The zero-order valence-electron chi connectivity index (χ0n) is 13.9. The standard InChI is InChI=1S/C18H27Br2NO2/c1-21-4-2-13(3-5-21)18(23-17(22)16(19)20)14-7-11-6-12(9-14)10-15(18)8-11/h11-16H,2-10H2,1H3/p+1. The fraction of sp³-hybridized carbons (Fsp3) is 0.944. The molecule has 5 fully saturated rings. The number of alkyl halides is 2. The highest BCUT2D eigenvalue weighted by Crippen LogP contribution is 2.62. The smallest absolute Gasteiger partial charge is 0.331 e. The van der Waals surface area contributed by atoms with Crippen molar-refractivity contribution in [2.45, 2.75) is 54.3 Å². The summed E-state index contributed by atoms with van der Waals surface area (Å²) in [5.74, 6) is 3.51. The van der Waals surface area contributed by atoms with E-state index in [4.69, 9.17) is 4.74 Å². The van der Waals surface area contributed by atoms with Crippen molar-refractivity contribution in [3.63, 3.8) is 0 Å². The van der Waals surface area contributed by atoms with Crippen LogP contribution in [0, 0.1) is 29.6 Å². The van der Waals surface area contributed by atoms with Crippen LogP contribution in [0.3, 0.4) is 0 Å². The van der Waals surface area contributed by atoms with Gasteiger partial charge in [-0.15, -0.1) is 0 Å². The molecule has 1 heterocycles. The van der Waals surface area contributed by atoms with Crippen LogP contribution in [0.15, 0.2) is 0 Å². The van der Waals surface area contributed by atoms with E-state index in [9.17, 15) is 4.79 Å². The molecule has 5 aliphatic rings. The summed E-state index contributed by atoms with van der Waals surface area (Å²) in [5.41, 5.74) is -0.162. The Morgan fingerprint density at radius 3 is 2.00 bits per heavy atom. The number of halogens is 2. The van der Waals surface area contributed by atoms with Crippen molar-refractivity contribution >= 4 is 37.8 Å². The summed E-state index contributed by atoms with van der Waals surface area (Å²) in [7, 11) is 2.29. The minimum Gasteiger partial charge on any atom is -0.457 e. The number of hydrogen-bond donors (Lipinski definition) is 1.